The molecule has 0 unspecified atom stereocenters. The normalized spacial score (nSPS) is 16.2. The van der Waals surface area contributed by atoms with Crippen LogP contribution in [-0.2, 0) is 11.0 Å². The summed E-state index contributed by atoms with van der Waals surface area (Å²) in [4.78, 5) is 16.5. The zero-order valence-corrected chi connectivity index (χ0v) is 16.0. The number of anilines is 1. The summed E-state index contributed by atoms with van der Waals surface area (Å²) < 4.78 is 39.1. The highest BCUT2D eigenvalue weighted by molar-refractivity contribution is 5.93. The fourth-order valence-electron chi connectivity index (χ4n) is 3.26. The summed E-state index contributed by atoms with van der Waals surface area (Å²) >= 11 is 0. The fraction of sp³-hybridized carbons (Fsp3) is 0.318. The van der Waals surface area contributed by atoms with Crippen molar-refractivity contribution in [3.63, 3.8) is 0 Å². The lowest BCUT2D eigenvalue weighted by atomic mass is 10.1. The molecule has 7 heteroatoms. The summed E-state index contributed by atoms with van der Waals surface area (Å²) in [6.45, 7) is 3.94. The summed E-state index contributed by atoms with van der Waals surface area (Å²) in [7, 11) is 0. The Labute approximate surface area is 168 Å². The molecule has 2 aromatic carbocycles. The smallest absolute Gasteiger partial charge is 0.324 e. The number of para-hydroxylation sites is 1. The zero-order valence-electron chi connectivity index (χ0n) is 16.0. The number of halogens is 3. The van der Waals surface area contributed by atoms with Gasteiger partial charge in [0.25, 0.3) is 0 Å². The van der Waals surface area contributed by atoms with Gasteiger partial charge in [-0.05, 0) is 17.7 Å². The van der Waals surface area contributed by atoms with Crippen LogP contribution in [0.2, 0.25) is 0 Å². The molecule has 0 aliphatic carbocycles. The molecule has 1 amide bonds. The van der Waals surface area contributed by atoms with E-state index in [1.807, 2.05) is 35.2 Å². The maximum atomic E-state index is 13.0. The van der Waals surface area contributed by atoms with Crippen LogP contribution in [0.15, 0.2) is 60.7 Å². The van der Waals surface area contributed by atoms with Crippen LogP contribution in [0.5, 0.6) is 0 Å². The van der Waals surface area contributed by atoms with Crippen LogP contribution in [0.1, 0.15) is 11.1 Å². The van der Waals surface area contributed by atoms with Crippen LogP contribution in [0, 0.1) is 0 Å². The van der Waals surface area contributed by atoms with Gasteiger partial charge in [-0.2, -0.15) is 13.2 Å². The van der Waals surface area contributed by atoms with Gasteiger partial charge >= 0.3 is 6.18 Å². The zero-order chi connectivity index (χ0) is 20.7. The predicted octanol–water partition coefficient (Wildman–Crippen LogP) is 3.97. The molecule has 154 valence electrons. The average molecular weight is 403 g/mol. The molecular weight excluding hydrogens is 379 g/mol. The summed E-state index contributed by atoms with van der Waals surface area (Å²) in [6, 6.07) is 15.1. The molecule has 1 heterocycles. The summed E-state index contributed by atoms with van der Waals surface area (Å²) in [6.07, 6.45) is -0.299. The summed E-state index contributed by atoms with van der Waals surface area (Å²) in [5, 5.41) is 2.40. The van der Waals surface area contributed by atoms with E-state index in [-0.39, 0.29) is 12.2 Å². The monoisotopic (exact) mass is 403 g/mol. The van der Waals surface area contributed by atoms with E-state index in [0.29, 0.717) is 13.1 Å². The van der Waals surface area contributed by atoms with Crippen molar-refractivity contribution in [1.29, 1.82) is 0 Å². The third kappa shape index (κ3) is 6.44. The molecule has 1 aliphatic rings. The first-order chi connectivity index (χ1) is 13.9. The number of hydrogen-bond acceptors (Lipinski definition) is 3. The van der Waals surface area contributed by atoms with E-state index < -0.39 is 17.6 Å². The SMILES string of the molecule is O=C(CN1CCN(CC=Cc2ccccc2)CC1)Nc1ccccc1C(F)(F)F. The van der Waals surface area contributed by atoms with E-state index in [1.54, 1.807) is 0 Å². The Morgan fingerprint density at radius 2 is 1.55 bits per heavy atom. The number of rotatable bonds is 6. The topological polar surface area (TPSA) is 35.6 Å². The van der Waals surface area contributed by atoms with Crippen molar-refractivity contribution in [2.75, 3.05) is 44.6 Å². The summed E-state index contributed by atoms with van der Waals surface area (Å²) in [5.74, 6) is -0.431. The molecule has 1 aliphatic heterocycles. The van der Waals surface area contributed by atoms with Gasteiger partial charge in [-0.15, -0.1) is 0 Å². The second-order valence-electron chi connectivity index (χ2n) is 6.98. The van der Waals surface area contributed by atoms with E-state index in [2.05, 4.69) is 22.4 Å². The Hall–Kier alpha value is -2.64. The molecule has 0 atom stereocenters. The van der Waals surface area contributed by atoms with Crippen LogP contribution in [0.25, 0.3) is 6.08 Å². The first-order valence-electron chi connectivity index (χ1n) is 9.54. The van der Waals surface area contributed by atoms with Crippen molar-refractivity contribution in [2.45, 2.75) is 6.18 Å². The number of nitrogens with one attached hydrogen (secondary N) is 1. The van der Waals surface area contributed by atoms with Crippen LogP contribution >= 0.6 is 0 Å². The molecular formula is C22H24F3N3O. The number of amides is 1. The number of hydrogen-bond donors (Lipinski definition) is 1. The van der Waals surface area contributed by atoms with Crippen molar-refractivity contribution < 1.29 is 18.0 Å². The maximum Gasteiger partial charge on any atom is 0.418 e. The van der Waals surface area contributed by atoms with Crippen LogP contribution in [-0.4, -0.2) is 55.0 Å². The van der Waals surface area contributed by atoms with Crippen LogP contribution in [0.3, 0.4) is 0 Å². The van der Waals surface area contributed by atoms with Crippen molar-refractivity contribution in [1.82, 2.24) is 9.80 Å². The van der Waals surface area contributed by atoms with Gasteiger partial charge in [0.05, 0.1) is 17.8 Å². The second-order valence-corrected chi connectivity index (χ2v) is 6.98. The number of carbonyl (C=O) groups is 1. The van der Waals surface area contributed by atoms with Gasteiger partial charge in [0.15, 0.2) is 0 Å². The lowest BCUT2D eigenvalue weighted by Gasteiger charge is -2.33. The van der Waals surface area contributed by atoms with E-state index in [0.717, 1.165) is 31.3 Å². The lowest BCUT2D eigenvalue weighted by Crippen LogP contribution is -2.48. The Kier molecular flexibility index (Phi) is 7.06. The van der Waals surface area contributed by atoms with Gasteiger partial charge in [-0.1, -0.05) is 54.6 Å². The van der Waals surface area contributed by atoms with Crippen molar-refractivity contribution in [3.8, 4) is 0 Å². The average Bonchev–Trinajstić information content (AvgIpc) is 2.70. The molecule has 0 radical (unpaired) electrons. The van der Waals surface area contributed by atoms with E-state index in [1.165, 1.54) is 18.2 Å². The molecule has 1 N–H and O–H groups in total. The summed E-state index contributed by atoms with van der Waals surface area (Å²) in [5.41, 5.74) is 0.125. The van der Waals surface area contributed by atoms with Crippen molar-refractivity contribution in [3.05, 3.63) is 71.8 Å². The molecule has 1 saturated heterocycles. The first-order valence-corrected chi connectivity index (χ1v) is 9.54. The molecule has 0 saturated carbocycles. The van der Waals surface area contributed by atoms with Gasteiger partial charge in [0, 0.05) is 32.7 Å². The first kappa shape index (κ1) is 21.1. The van der Waals surface area contributed by atoms with Gasteiger partial charge in [0.1, 0.15) is 0 Å². The van der Waals surface area contributed by atoms with Gasteiger partial charge in [-0.3, -0.25) is 14.6 Å². The predicted molar refractivity (Wildman–Crippen MR) is 108 cm³/mol. The van der Waals surface area contributed by atoms with Gasteiger partial charge < -0.3 is 5.32 Å². The molecule has 29 heavy (non-hydrogen) atoms. The Bertz CT molecular complexity index is 829. The van der Waals surface area contributed by atoms with E-state index in [4.69, 9.17) is 0 Å². The Morgan fingerprint density at radius 3 is 2.24 bits per heavy atom. The number of alkyl halides is 3. The standard InChI is InChI=1S/C22H24F3N3O/c23-22(24,25)19-10-4-5-11-20(19)26-21(29)17-28-15-13-27(14-16-28)12-6-9-18-7-2-1-3-8-18/h1-11H,12-17H2,(H,26,29). The molecule has 0 aromatic heterocycles. The molecule has 0 bridgehead atoms. The number of nitrogens with zero attached hydrogens (tertiary/aromatic N) is 2. The molecule has 2 aromatic rings. The van der Waals surface area contributed by atoms with Crippen LogP contribution in [0.4, 0.5) is 18.9 Å². The number of carbonyl (C=O) groups excluding carboxylic acids is 1. The molecule has 0 spiro atoms. The highest BCUT2D eigenvalue weighted by Gasteiger charge is 2.33. The highest BCUT2D eigenvalue weighted by Crippen LogP contribution is 2.34. The number of piperazine rings is 1. The second kappa shape index (κ2) is 9.71. The number of benzene rings is 2. The third-order valence-electron chi connectivity index (χ3n) is 4.81. The highest BCUT2D eigenvalue weighted by atomic mass is 19.4. The van der Waals surface area contributed by atoms with Crippen LogP contribution < -0.4 is 5.32 Å². The molecule has 4 nitrogen and oxygen atoms in total. The van der Waals surface area contributed by atoms with Gasteiger partial charge in [-0.25, -0.2) is 0 Å². The van der Waals surface area contributed by atoms with Gasteiger partial charge in [0.2, 0.25) is 5.91 Å². The van der Waals surface area contributed by atoms with E-state index >= 15 is 0 Å². The maximum absolute atomic E-state index is 13.0. The fourth-order valence-corrected chi connectivity index (χ4v) is 3.26. The van der Waals surface area contributed by atoms with E-state index in [9.17, 15) is 18.0 Å². The Balaban J connectivity index is 1.44. The molecule has 1 fully saturated rings. The third-order valence-corrected chi connectivity index (χ3v) is 4.81. The quantitative estimate of drug-likeness (QED) is 0.793. The minimum absolute atomic E-state index is 0.0832. The van der Waals surface area contributed by atoms with Crippen molar-refractivity contribution in [2.24, 2.45) is 0 Å². The Morgan fingerprint density at radius 1 is 0.931 bits per heavy atom. The molecule has 3 rings (SSSR count). The lowest BCUT2D eigenvalue weighted by molar-refractivity contribution is -0.137. The minimum Gasteiger partial charge on any atom is -0.324 e. The minimum atomic E-state index is -4.50. The largest absolute Gasteiger partial charge is 0.418 e. The van der Waals surface area contributed by atoms with Crippen molar-refractivity contribution >= 4 is 17.7 Å².